The smallest absolute Gasteiger partial charge is 0.101 e. The number of hydrogen-bond acceptors (Lipinski definition) is 3. The fraction of sp³-hybridized carbons (Fsp3) is 0.562. The van der Waals surface area contributed by atoms with Crippen LogP contribution in [0.25, 0.3) is 0 Å². The second kappa shape index (κ2) is 4.86. The number of nitriles is 1. The lowest BCUT2D eigenvalue weighted by atomic mass is 9.86. The van der Waals surface area contributed by atoms with Gasteiger partial charge in [0.25, 0.3) is 0 Å². The highest BCUT2D eigenvalue weighted by Crippen LogP contribution is 2.42. The minimum Gasteiger partial charge on any atom is -0.380 e. The van der Waals surface area contributed by atoms with E-state index in [1.807, 2.05) is 24.3 Å². The number of para-hydroxylation sites is 1. The molecule has 1 aromatic carbocycles. The Balaban J connectivity index is 1.82. The molecule has 3 nitrogen and oxygen atoms in total. The quantitative estimate of drug-likeness (QED) is 0.902. The van der Waals surface area contributed by atoms with Gasteiger partial charge in [-0.15, -0.1) is 0 Å². The van der Waals surface area contributed by atoms with E-state index in [-0.39, 0.29) is 0 Å². The predicted octanol–water partition coefficient (Wildman–Crippen LogP) is 2.99. The van der Waals surface area contributed by atoms with Gasteiger partial charge in [0.1, 0.15) is 6.07 Å². The molecule has 2 fully saturated rings. The van der Waals surface area contributed by atoms with Gasteiger partial charge >= 0.3 is 0 Å². The van der Waals surface area contributed by atoms with Crippen LogP contribution in [0, 0.1) is 11.3 Å². The van der Waals surface area contributed by atoms with Gasteiger partial charge in [0, 0.05) is 11.6 Å². The fourth-order valence-electron chi connectivity index (χ4n) is 3.93. The van der Waals surface area contributed by atoms with Crippen molar-refractivity contribution in [1.82, 2.24) is 4.90 Å². The van der Waals surface area contributed by atoms with Crippen LogP contribution in [0.1, 0.15) is 38.2 Å². The third kappa shape index (κ3) is 2.01. The fourth-order valence-corrected chi connectivity index (χ4v) is 3.93. The highest BCUT2D eigenvalue weighted by molar-refractivity contribution is 5.58. The number of anilines is 1. The van der Waals surface area contributed by atoms with Crippen molar-refractivity contribution in [2.75, 3.05) is 18.4 Å². The first-order valence-corrected chi connectivity index (χ1v) is 7.27. The molecule has 2 saturated heterocycles. The summed E-state index contributed by atoms with van der Waals surface area (Å²) in [5, 5.41) is 12.8. The second-order valence-electron chi connectivity index (χ2n) is 5.82. The summed E-state index contributed by atoms with van der Waals surface area (Å²) in [6.07, 6.45) is 5.20. The average Bonchev–Trinajstić information content (AvgIpc) is 2.99. The van der Waals surface area contributed by atoms with Crippen molar-refractivity contribution >= 4 is 5.69 Å². The van der Waals surface area contributed by atoms with Gasteiger partial charge in [-0.25, -0.2) is 0 Å². The molecule has 2 heterocycles. The van der Waals surface area contributed by atoms with Crippen LogP contribution in [0.4, 0.5) is 5.69 Å². The van der Waals surface area contributed by atoms with Crippen LogP contribution in [0.2, 0.25) is 0 Å². The van der Waals surface area contributed by atoms with E-state index >= 15 is 0 Å². The van der Waals surface area contributed by atoms with Gasteiger partial charge < -0.3 is 5.32 Å². The molecule has 0 radical (unpaired) electrons. The predicted molar refractivity (Wildman–Crippen MR) is 77.0 cm³/mol. The van der Waals surface area contributed by atoms with E-state index in [0.717, 1.165) is 11.3 Å². The molecule has 3 rings (SSSR count). The van der Waals surface area contributed by atoms with E-state index < -0.39 is 0 Å². The van der Waals surface area contributed by atoms with Crippen LogP contribution in [-0.2, 0) is 0 Å². The maximum Gasteiger partial charge on any atom is 0.101 e. The SMILES string of the molecule is CC(Nc1ccccc1C#N)C12CCCN1CCC2. The van der Waals surface area contributed by atoms with Gasteiger partial charge in [0.15, 0.2) is 0 Å². The summed E-state index contributed by atoms with van der Waals surface area (Å²) >= 11 is 0. The van der Waals surface area contributed by atoms with Crippen molar-refractivity contribution in [1.29, 1.82) is 5.26 Å². The Kier molecular flexibility index (Phi) is 3.20. The van der Waals surface area contributed by atoms with Crippen molar-refractivity contribution in [3.63, 3.8) is 0 Å². The first-order chi connectivity index (χ1) is 9.26. The largest absolute Gasteiger partial charge is 0.380 e. The van der Waals surface area contributed by atoms with Crippen molar-refractivity contribution in [2.45, 2.75) is 44.2 Å². The minimum atomic E-state index is 0.322. The Morgan fingerprint density at radius 1 is 1.26 bits per heavy atom. The van der Waals surface area contributed by atoms with Gasteiger partial charge in [0.2, 0.25) is 0 Å². The van der Waals surface area contributed by atoms with Crippen LogP contribution in [0.5, 0.6) is 0 Å². The van der Waals surface area contributed by atoms with Crippen molar-refractivity contribution in [2.24, 2.45) is 0 Å². The molecule has 2 aliphatic rings. The Morgan fingerprint density at radius 3 is 2.63 bits per heavy atom. The standard InChI is InChI=1S/C16H21N3/c1-13(16-8-4-10-19(16)11-5-9-16)18-15-7-3-2-6-14(15)12-17/h2-3,6-7,13,18H,4-5,8-11H2,1H3. The number of nitrogens with zero attached hydrogens (tertiary/aromatic N) is 2. The number of rotatable bonds is 3. The zero-order valence-corrected chi connectivity index (χ0v) is 11.5. The maximum atomic E-state index is 9.18. The molecule has 0 spiro atoms. The first kappa shape index (κ1) is 12.5. The summed E-state index contributed by atoms with van der Waals surface area (Å²) in [6.45, 7) is 4.76. The van der Waals surface area contributed by atoms with Crippen molar-refractivity contribution in [3.8, 4) is 6.07 Å². The highest BCUT2D eigenvalue weighted by atomic mass is 15.3. The van der Waals surface area contributed by atoms with E-state index in [0.29, 0.717) is 11.6 Å². The van der Waals surface area contributed by atoms with Crippen LogP contribution >= 0.6 is 0 Å². The Labute approximate surface area is 115 Å². The number of nitrogens with one attached hydrogen (secondary N) is 1. The molecule has 1 atom stereocenters. The van der Waals surface area contributed by atoms with Gasteiger partial charge in [-0.05, 0) is 57.8 Å². The molecule has 0 aromatic heterocycles. The van der Waals surface area contributed by atoms with Crippen molar-refractivity contribution in [3.05, 3.63) is 29.8 Å². The summed E-state index contributed by atoms with van der Waals surface area (Å²) in [6, 6.07) is 10.5. The maximum absolute atomic E-state index is 9.18. The Bertz CT molecular complexity index is 493. The molecule has 0 aliphatic carbocycles. The van der Waals surface area contributed by atoms with Gasteiger partial charge in [-0.3, -0.25) is 4.90 Å². The lowest BCUT2D eigenvalue weighted by Gasteiger charge is -2.39. The Hall–Kier alpha value is -1.53. The van der Waals surface area contributed by atoms with Crippen LogP contribution < -0.4 is 5.32 Å². The lowest BCUT2D eigenvalue weighted by Crippen LogP contribution is -2.50. The molecule has 1 aromatic rings. The average molecular weight is 255 g/mol. The lowest BCUT2D eigenvalue weighted by molar-refractivity contribution is 0.174. The van der Waals surface area contributed by atoms with E-state index in [9.17, 15) is 5.26 Å². The van der Waals surface area contributed by atoms with Crippen LogP contribution in [-0.4, -0.2) is 29.6 Å². The Morgan fingerprint density at radius 2 is 1.95 bits per heavy atom. The molecule has 1 unspecified atom stereocenters. The summed E-state index contributed by atoms with van der Waals surface area (Å²) < 4.78 is 0. The number of hydrogen-bond donors (Lipinski definition) is 1. The number of benzene rings is 1. The second-order valence-corrected chi connectivity index (χ2v) is 5.82. The van der Waals surface area contributed by atoms with Gasteiger partial charge in [-0.2, -0.15) is 5.26 Å². The van der Waals surface area contributed by atoms with Crippen LogP contribution in [0.15, 0.2) is 24.3 Å². The zero-order valence-electron chi connectivity index (χ0n) is 11.5. The third-order valence-corrected chi connectivity index (χ3v) is 4.93. The van der Waals surface area contributed by atoms with Crippen LogP contribution in [0.3, 0.4) is 0 Å². The summed E-state index contributed by atoms with van der Waals surface area (Å²) in [5.74, 6) is 0. The van der Waals surface area contributed by atoms with E-state index in [2.05, 4.69) is 23.2 Å². The monoisotopic (exact) mass is 255 g/mol. The molecular weight excluding hydrogens is 234 g/mol. The van der Waals surface area contributed by atoms with E-state index in [1.165, 1.54) is 38.8 Å². The molecule has 0 bridgehead atoms. The molecule has 3 heteroatoms. The molecule has 19 heavy (non-hydrogen) atoms. The molecule has 2 aliphatic heterocycles. The van der Waals surface area contributed by atoms with Crippen molar-refractivity contribution < 1.29 is 0 Å². The molecule has 0 saturated carbocycles. The summed E-state index contributed by atoms with van der Waals surface area (Å²) in [4.78, 5) is 2.65. The van der Waals surface area contributed by atoms with E-state index in [4.69, 9.17) is 0 Å². The third-order valence-electron chi connectivity index (χ3n) is 4.93. The normalized spacial score (nSPS) is 22.7. The molecular formula is C16H21N3. The van der Waals surface area contributed by atoms with Gasteiger partial charge in [-0.1, -0.05) is 12.1 Å². The summed E-state index contributed by atoms with van der Waals surface area (Å²) in [7, 11) is 0. The molecule has 1 N–H and O–H groups in total. The minimum absolute atomic E-state index is 0.322. The number of fused-ring (bicyclic) bond motifs is 1. The first-order valence-electron chi connectivity index (χ1n) is 7.27. The molecule has 0 amide bonds. The topological polar surface area (TPSA) is 39.1 Å². The van der Waals surface area contributed by atoms with E-state index in [1.54, 1.807) is 0 Å². The van der Waals surface area contributed by atoms with Gasteiger partial charge in [0.05, 0.1) is 11.3 Å². The summed E-state index contributed by atoms with van der Waals surface area (Å²) in [5.41, 5.74) is 2.04. The zero-order chi connectivity index (χ0) is 13.3. The highest BCUT2D eigenvalue weighted by Gasteiger charge is 2.47. The molecule has 100 valence electrons.